The normalized spacial score (nSPS) is 18.5. The minimum atomic E-state index is -0.416. The van der Waals surface area contributed by atoms with Crippen LogP contribution in [0.1, 0.15) is 13.3 Å². The van der Waals surface area contributed by atoms with Crippen molar-refractivity contribution < 1.29 is 9.18 Å². The summed E-state index contributed by atoms with van der Waals surface area (Å²) in [4.78, 5) is 14.2. The zero-order chi connectivity index (χ0) is 14.5. The summed E-state index contributed by atoms with van der Waals surface area (Å²) < 4.78 is 12.9. The molecular weight excluding hydrogens is 281 g/mol. The van der Waals surface area contributed by atoms with E-state index >= 15 is 0 Å². The van der Waals surface area contributed by atoms with Crippen molar-refractivity contribution in [3.05, 3.63) is 29.0 Å². The summed E-state index contributed by atoms with van der Waals surface area (Å²) in [7, 11) is 0. The van der Waals surface area contributed by atoms with Crippen molar-refractivity contribution in [1.29, 1.82) is 0 Å². The SMILES string of the molecule is CCN(CC(=O)Nc1ccc(F)cc1Cl)C1CCNC1. The molecule has 4 nitrogen and oxygen atoms in total. The fraction of sp³-hybridized carbons (Fsp3) is 0.500. The van der Waals surface area contributed by atoms with Crippen molar-refractivity contribution in [2.24, 2.45) is 0 Å². The Morgan fingerprint density at radius 3 is 3.00 bits per heavy atom. The number of halogens is 2. The van der Waals surface area contributed by atoms with E-state index in [4.69, 9.17) is 11.6 Å². The van der Waals surface area contributed by atoms with Gasteiger partial charge in [0.2, 0.25) is 5.91 Å². The summed E-state index contributed by atoms with van der Waals surface area (Å²) >= 11 is 5.89. The van der Waals surface area contributed by atoms with Gasteiger partial charge in [0.25, 0.3) is 0 Å². The number of anilines is 1. The lowest BCUT2D eigenvalue weighted by Crippen LogP contribution is -2.41. The summed E-state index contributed by atoms with van der Waals surface area (Å²) in [5.74, 6) is -0.549. The maximum Gasteiger partial charge on any atom is 0.238 e. The van der Waals surface area contributed by atoms with Crippen LogP contribution >= 0.6 is 11.6 Å². The standard InChI is InChI=1S/C14H19ClFN3O/c1-2-19(11-5-6-17-8-11)9-14(20)18-13-4-3-10(16)7-12(13)15/h3-4,7,11,17H,2,5-6,8-9H2,1H3,(H,18,20). The van der Waals surface area contributed by atoms with E-state index in [0.29, 0.717) is 18.3 Å². The average Bonchev–Trinajstić information content (AvgIpc) is 2.93. The molecule has 6 heteroatoms. The lowest BCUT2D eigenvalue weighted by atomic mass is 10.2. The van der Waals surface area contributed by atoms with Gasteiger partial charge >= 0.3 is 0 Å². The molecule has 1 aliphatic heterocycles. The molecule has 1 heterocycles. The molecular formula is C14H19ClFN3O. The Morgan fingerprint density at radius 1 is 1.60 bits per heavy atom. The van der Waals surface area contributed by atoms with Gasteiger partial charge in [0, 0.05) is 12.6 Å². The van der Waals surface area contributed by atoms with E-state index in [1.807, 2.05) is 6.92 Å². The predicted octanol–water partition coefficient (Wildman–Crippen LogP) is 2.10. The highest BCUT2D eigenvalue weighted by atomic mass is 35.5. The number of likely N-dealkylation sites (N-methyl/N-ethyl adjacent to an activating group) is 1. The second-order valence-electron chi connectivity index (χ2n) is 4.88. The Hall–Kier alpha value is -1.17. The molecule has 1 aromatic carbocycles. The Bertz CT molecular complexity index is 477. The number of nitrogens with one attached hydrogen (secondary N) is 2. The van der Waals surface area contributed by atoms with Crippen LogP contribution in [0.4, 0.5) is 10.1 Å². The first-order chi connectivity index (χ1) is 9.60. The maximum atomic E-state index is 12.9. The maximum absolute atomic E-state index is 12.9. The van der Waals surface area contributed by atoms with Gasteiger partial charge in [-0.2, -0.15) is 0 Å². The van der Waals surface area contributed by atoms with Crippen LogP contribution in [0.5, 0.6) is 0 Å². The summed E-state index contributed by atoms with van der Waals surface area (Å²) in [5.41, 5.74) is 0.443. The molecule has 1 amide bonds. The molecule has 0 saturated carbocycles. The second-order valence-corrected chi connectivity index (χ2v) is 5.29. The molecule has 1 saturated heterocycles. The molecule has 110 valence electrons. The number of carbonyl (C=O) groups excluding carboxylic acids is 1. The van der Waals surface area contributed by atoms with E-state index in [2.05, 4.69) is 15.5 Å². The van der Waals surface area contributed by atoms with Crippen molar-refractivity contribution in [2.75, 3.05) is 31.5 Å². The quantitative estimate of drug-likeness (QED) is 0.875. The predicted molar refractivity (Wildman–Crippen MR) is 78.6 cm³/mol. The lowest BCUT2D eigenvalue weighted by Gasteiger charge is -2.26. The molecule has 0 bridgehead atoms. The van der Waals surface area contributed by atoms with Crippen LogP contribution in [-0.4, -0.2) is 43.0 Å². The molecule has 1 fully saturated rings. The zero-order valence-electron chi connectivity index (χ0n) is 11.5. The van der Waals surface area contributed by atoms with Crippen LogP contribution in [0.25, 0.3) is 0 Å². The Kier molecular flexibility index (Phi) is 5.34. The third kappa shape index (κ3) is 3.91. The largest absolute Gasteiger partial charge is 0.324 e. The van der Waals surface area contributed by atoms with Gasteiger partial charge in [-0.3, -0.25) is 9.69 Å². The minimum Gasteiger partial charge on any atom is -0.324 e. The van der Waals surface area contributed by atoms with Crippen molar-refractivity contribution in [1.82, 2.24) is 10.2 Å². The molecule has 1 aromatic rings. The number of hydrogen-bond acceptors (Lipinski definition) is 3. The van der Waals surface area contributed by atoms with E-state index in [9.17, 15) is 9.18 Å². The molecule has 1 unspecified atom stereocenters. The fourth-order valence-corrected chi connectivity index (χ4v) is 2.63. The molecule has 1 atom stereocenters. The molecule has 0 spiro atoms. The molecule has 1 aliphatic rings. The average molecular weight is 300 g/mol. The lowest BCUT2D eigenvalue weighted by molar-refractivity contribution is -0.117. The fourth-order valence-electron chi connectivity index (χ4n) is 2.42. The smallest absolute Gasteiger partial charge is 0.238 e. The van der Waals surface area contributed by atoms with Crippen molar-refractivity contribution in [2.45, 2.75) is 19.4 Å². The second kappa shape index (κ2) is 7.02. The number of amides is 1. The topological polar surface area (TPSA) is 44.4 Å². The van der Waals surface area contributed by atoms with Gasteiger partial charge in [0.15, 0.2) is 0 Å². The van der Waals surface area contributed by atoms with E-state index in [1.54, 1.807) is 0 Å². The van der Waals surface area contributed by atoms with Crippen LogP contribution in [-0.2, 0) is 4.79 Å². The molecule has 0 aliphatic carbocycles. The van der Waals surface area contributed by atoms with Gasteiger partial charge < -0.3 is 10.6 Å². The highest BCUT2D eigenvalue weighted by Gasteiger charge is 2.22. The van der Waals surface area contributed by atoms with E-state index in [-0.39, 0.29) is 10.9 Å². The van der Waals surface area contributed by atoms with Gasteiger partial charge in [0.1, 0.15) is 5.82 Å². The van der Waals surface area contributed by atoms with Gasteiger partial charge in [-0.25, -0.2) is 4.39 Å². The Labute approximate surface area is 123 Å². The summed E-state index contributed by atoms with van der Waals surface area (Å²) in [6.45, 7) is 5.08. The first-order valence-electron chi connectivity index (χ1n) is 6.80. The van der Waals surface area contributed by atoms with Gasteiger partial charge in [-0.1, -0.05) is 18.5 Å². The Balaban J connectivity index is 1.93. The molecule has 2 N–H and O–H groups in total. The van der Waals surface area contributed by atoms with Gasteiger partial charge in [0.05, 0.1) is 17.3 Å². The number of benzene rings is 1. The number of carbonyl (C=O) groups is 1. The summed E-state index contributed by atoms with van der Waals surface area (Å²) in [5, 5.41) is 6.23. The molecule has 2 rings (SSSR count). The van der Waals surface area contributed by atoms with Crippen LogP contribution in [0.2, 0.25) is 5.02 Å². The van der Waals surface area contributed by atoms with E-state index < -0.39 is 5.82 Å². The minimum absolute atomic E-state index is 0.132. The van der Waals surface area contributed by atoms with Gasteiger partial charge in [-0.15, -0.1) is 0 Å². The monoisotopic (exact) mass is 299 g/mol. The van der Waals surface area contributed by atoms with Crippen LogP contribution in [0.3, 0.4) is 0 Å². The van der Waals surface area contributed by atoms with Crippen molar-refractivity contribution in [3.63, 3.8) is 0 Å². The summed E-state index contributed by atoms with van der Waals surface area (Å²) in [6.07, 6.45) is 1.05. The number of rotatable bonds is 5. The third-order valence-electron chi connectivity index (χ3n) is 3.51. The first-order valence-corrected chi connectivity index (χ1v) is 7.17. The van der Waals surface area contributed by atoms with E-state index in [1.165, 1.54) is 18.2 Å². The van der Waals surface area contributed by atoms with E-state index in [0.717, 1.165) is 26.1 Å². The van der Waals surface area contributed by atoms with Crippen LogP contribution < -0.4 is 10.6 Å². The van der Waals surface area contributed by atoms with Crippen molar-refractivity contribution >= 4 is 23.2 Å². The number of hydrogen-bond donors (Lipinski definition) is 2. The molecule has 0 aromatic heterocycles. The molecule has 20 heavy (non-hydrogen) atoms. The van der Waals surface area contributed by atoms with Crippen molar-refractivity contribution in [3.8, 4) is 0 Å². The third-order valence-corrected chi connectivity index (χ3v) is 3.82. The van der Waals surface area contributed by atoms with Gasteiger partial charge in [-0.05, 0) is 37.7 Å². The van der Waals surface area contributed by atoms with Crippen LogP contribution in [0, 0.1) is 5.82 Å². The number of nitrogens with zero attached hydrogens (tertiary/aromatic N) is 1. The Morgan fingerprint density at radius 2 is 2.40 bits per heavy atom. The van der Waals surface area contributed by atoms with Crippen LogP contribution in [0.15, 0.2) is 18.2 Å². The summed E-state index contributed by atoms with van der Waals surface area (Å²) in [6, 6.07) is 4.34. The first kappa shape index (κ1) is 15.2. The zero-order valence-corrected chi connectivity index (χ0v) is 12.2. The highest BCUT2D eigenvalue weighted by Crippen LogP contribution is 2.22. The molecule has 0 radical (unpaired) electrons. The highest BCUT2D eigenvalue weighted by molar-refractivity contribution is 6.33.